The van der Waals surface area contributed by atoms with Gasteiger partial charge in [0.2, 0.25) is 10.0 Å². The van der Waals surface area contributed by atoms with Gasteiger partial charge >= 0.3 is 0 Å². The van der Waals surface area contributed by atoms with E-state index in [1.54, 1.807) is 17.4 Å². The van der Waals surface area contributed by atoms with Crippen LogP contribution < -0.4 is 0 Å². The van der Waals surface area contributed by atoms with E-state index in [4.69, 9.17) is 0 Å². The summed E-state index contributed by atoms with van der Waals surface area (Å²) in [5.41, 5.74) is 1.57. The Bertz CT molecular complexity index is 677. The topological polar surface area (TPSA) is 94.7 Å². The van der Waals surface area contributed by atoms with Crippen molar-refractivity contribution < 1.29 is 8.42 Å². The van der Waals surface area contributed by atoms with Gasteiger partial charge in [0.15, 0.2) is 0 Å². The van der Waals surface area contributed by atoms with E-state index < -0.39 is 10.0 Å². The Morgan fingerprint density at radius 3 is 2.85 bits per heavy atom. The maximum absolute atomic E-state index is 12.6. The summed E-state index contributed by atoms with van der Waals surface area (Å²) in [5, 5.41) is 13.4. The molecule has 1 saturated heterocycles. The first-order valence-corrected chi connectivity index (χ1v) is 8.02. The number of aromatic nitrogens is 4. The molecule has 2 N–H and O–H groups in total. The van der Waals surface area contributed by atoms with Gasteiger partial charge in [-0.25, -0.2) is 8.42 Å². The Hall–Kier alpha value is -1.67. The predicted octanol–water partition coefficient (Wildman–Crippen LogP) is 1.01. The minimum absolute atomic E-state index is 0.174. The largest absolute Gasteiger partial charge is 0.282 e. The number of H-pyrrole nitrogens is 2. The fourth-order valence-electron chi connectivity index (χ4n) is 2.65. The Labute approximate surface area is 117 Å². The molecule has 108 valence electrons. The van der Waals surface area contributed by atoms with E-state index in [0.29, 0.717) is 18.8 Å². The number of nitrogens with zero attached hydrogens (tertiary/aromatic N) is 3. The summed E-state index contributed by atoms with van der Waals surface area (Å²) in [6.45, 7) is 2.75. The highest BCUT2D eigenvalue weighted by molar-refractivity contribution is 7.89. The normalized spacial score (nSPS) is 21.1. The Balaban J connectivity index is 1.85. The molecule has 0 saturated carbocycles. The molecule has 1 fully saturated rings. The molecular formula is C12H17N5O2S. The summed E-state index contributed by atoms with van der Waals surface area (Å²) >= 11 is 0. The monoisotopic (exact) mass is 295 g/mol. The lowest BCUT2D eigenvalue weighted by Crippen LogP contribution is -2.39. The molecule has 1 atom stereocenters. The van der Waals surface area contributed by atoms with Crippen LogP contribution in [-0.4, -0.2) is 46.2 Å². The van der Waals surface area contributed by atoms with Crippen molar-refractivity contribution in [1.29, 1.82) is 0 Å². The summed E-state index contributed by atoms with van der Waals surface area (Å²) in [4.78, 5) is 0.266. The van der Waals surface area contributed by atoms with Crippen molar-refractivity contribution in [2.75, 3.05) is 13.1 Å². The minimum atomic E-state index is -3.47. The van der Waals surface area contributed by atoms with Crippen LogP contribution in [-0.2, 0) is 10.0 Å². The zero-order valence-electron chi connectivity index (χ0n) is 11.2. The van der Waals surface area contributed by atoms with Crippen molar-refractivity contribution in [3.63, 3.8) is 0 Å². The highest BCUT2D eigenvalue weighted by atomic mass is 32.2. The van der Waals surface area contributed by atoms with Crippen LogP contribution in [0, 0.1) is 6.92 Å². The molecule has 8 heteroatoms. The fraction of sp³-hybridized carbons (Fsp3) is 0.500. The Morgan fingerprint density at radius 2 is 2.20 bits per heavy atom. The zero-order chi connectivity index (χ0) is 14.2. The molecule has 1 unspecified atom stereocenters. The van der Waals surface area contributed by atoms with Crippen molar-refractivity contribution in [2.45, 2.75) is 30.6 Å². The first-order valence-electron chi connectivity index (χ1n) is 6.58. The number of hydrogen-bond donors (Lipinski definition) is 2. The maximum Gasteiger partial charge on any atom is 0.246 e. The van der Waals surface area contributed by atoms with Crippen molar-refractivity contribution in [3.05, 3.63) is 29.8 Å². The van der Waals surface area contributed by atoms with Crippen LogP contribution in [0.1, 0.15) is 30.1 Å². The summed E-state index contributed by atoms with van der Waals surface area (Å²) < 4.78 is 26.8. The zero-order valence-corrected chi connectivity index (χ0v) is 12.0. The van der Waals surface area contributed by atoms with Crippen LogP contribution in [0.2, 0.25) is 0 Å². The summed E-state index contributed by atoms with van der Waals surface area (Å²) in [6.07, 6.45) is 4.89. The number of sulfonamides is 1. The van der Waals surface area contributed by atoms with E-state index in [-0.39, 0.29) is 10.8 Å². The van der Waals surface area contributed by atoms with Gasteiger partial charge in [0.05, 0.1) is 11.9 Å². The lowest BCUT2D eigenvalue weighted by molar-refractivity contribution is 0.312. The molecule has 0 aromatic carbocycles. The predicted molar refractivity (Wildman–Crippen MR) is 72.6 cm³/mol. The van der Waals surface area contributed by atoms with Gasteiger partial charge in [0.25, 0.3) is 0 Å². The average molecular weight is 295 g/mol. The quantitative estimate of drug-likeness (QED) is 0.883. The van der Waals surface area contributed by atoms with E-state index in [0.717, 1.165) is 18.5 Å². The third kappa shape index (κ3) is 2.25. The molecule has 3 rings (SSSR count). The van der Waals surface area contributed by atoms with Gasteiger partial charge < -0.3 is 0 Å². The minimum Gasteiger partial charge on any atom is -0.282 e. The lowest BCUT2D eigenvalue weighted by Gasteiger charge is -2.31. The van der Waals surface area contributed by atoms with Crippen LogP contribution in [0.25, 0.3) is 0 Å². The SMILES string of the molecule is Cc1[nH]ncc1S(=O)(=O)N1CCCC(c2ccn[nH]2)C1. The van der Waals surface area contributed by atoms with E-state index >= 15 is 0 Å². The molecule has 0 spiro atoms. The number of aryl methyl sites for hydroxylation is 1. The van der Waals surface area contributed by atoms with Crippen LogP contribution in [0.3, 0.4) is 0 Å². The van der Waals surface area contributed by atoms with Gasteiger partial charge in [-0.2, -0.15) is 14.5 Å². The van der Waals surface area contributed by atoms with Gasteiger partial charge in [-0.1, -0.05) is 0 Å². The second-order valence-electron chi connectivity index (χ2n) is 5.07. The van der Waals surface area contributed by atoms with Crippen molar-refractivity contribution in [3.8, 4) is 0 Å². The number of hydrogen-bond acceptors (Lipinski definition) is 4. The second kappa shape index (κ2) is 5.02. The number of nitrogens with one attached hydrogen (secondary N) is 2. The molecule has 0 bridgehead atoms. The molecule has 0 radical (unpaired) electrons. The van der Waals surface area contributed by atoms with E-state index in [1.807, 2.05) is 6.07 Å². The fourth-order valence-corrected chi connectivity index (χ4v) is 4.29. The molecule has 0 aliphatic carbocycles. The van der Waals surface area contributed by atoms with Crippen LogP contribution >= 0.6 is 0 Å². The van der Waals surface area contributed by atoms with Crippen LogP contribution in [0.5, 0.6) is 0 Å². The molecule has 2 aromatic heterocycles. The van der Waals surface area contributed by atoms with Gasteiger partial charge in [-0.05, 0) is 25.8 Å². The molecule has 0 amide bonds. The smallest absolute Gasteiger partial charge is 0.246 e. The Morgan fingerprint density at radius 1 is 1.35 bits per heavy atom. The molecule has 20 heavy (non-hydrogen) atoms. The first kappa shape index (κ1) is 13.3. The summed E-state index contributed by atoms with van der Waals surface area (Å²) in [5.74, 6) is 0.174. The molecule has 2 aromatic rings. The second-order valence-corrected chi connectivity index (χ2v) is 6.98. The molecular weight excluding hydrogens is 278 g/mol. The van der Waals surface area contributed by atoms with E-state index in [1.165, 1.54) is 6.20 Å². The first-order chi connectivity index (χ1) is 9.59. The number of piperidine rings is 1. The van der Waals surface area contributed by atoms with Crippen LogP contribution in [0.15, 0.2) is 23.4 Å². The number of aromatic amines is 2. The maximum atomic E-state index is 12.6. The summed E-state index contributed by atoms with van der Waals surface area (Å²) in [6, 6.07) is 1.91. The standard InChI is InChI=1S/C12H17N5O2S/c1-9-12(7-14-15-9)20(18,19)17-6-2-3-10(8-17)11-4-5-13-16-11/h4-5,7,10H,2-3,6,8H2,1H3,(H,13,16)(H,14,15). The Kier molecular flexibility index (Phi) is 3.35. The molecule has 1 aliphatic rings. The third-order valence-electron chi connectivity index (χ3n) is 3.75. The van der Waals surface area contributed by atoms with Gasteiger partial charge in [-0.15, -0.1) is 0 Å². The van der Waals surface area contributed by atoms with E-state index in [2.05, 4.69) is 20.4 Å². The molecule has 7 nitrogen and oxygen atoms in total. The van der Waals surface area contributed by atoms with Gasteiger partial charge in [0.1, 0.15) is 4.90 Å². The highest BCUT2D eigenvalue weighted by Gasteiger charge is 2.32. The highest BCUT2D eigenvalue weighted by Crippen LogP contribution is 2.29. The van der Waals surface area contributed by atoms with E-state index in [9.17, 15) is 8.42 Å². The summed E-state index contributed by atoms with van der Waals surface area (Å²) in [7, 11) is -3.47. The van der Waals surface area contributed by atoms with Crippen molar-refractivity contribution in [1.82, 2.24) is 24.7 Å². The van der Waals surface area contributed by atoms with Crippen LogP contribution in [0.4, 0.5) is 0 Å². The van der Waals surface area contributed by atoms with Crippen molar-refractivity contribution in [2.24, 2.45) is 0 Å². The lowest BCUT2D eigenvalue weighted by atomic mass is 9.96. The van der Waals surface area contributed by atoms with Crippen molar-refractivity contribution >= 4 is 10.0 Å². The third-order valence-corrected chi connectivity index (χ3v) is 5.73. The molecule has 3 heterocycles. The molecule has 1 aliphatic heterocycles. The van der Waals surface area contributed by atoms with Gasteiger partial charge in [-0.3, -0.25) is 10.2 Å². The number of rotatable bonds is 3. The van der Waals surface area contributed by atoms with Gasteiger partial charge in [0, 0.05) is 30.9 Å². The average Bonchev–Trinajstić information content (AvgIpc) is 3.10.